The lowest BCUT2D eigenvalue weighted by Gasteiger charge is -2.40. The van der Waals surface area contributed by atoms with E-state index in [1.807, 2.05) is 0 Å². The van der Waals surface area contributed by atoms with Crippen LogP contribution in [-0.4, -0.2) is 35.6 Å². The summed E-state index contributed by atoms with van der Waals surface area (Å²) in [6, 6.07) is 0. The minimum absolute atomic E-state index is 0.0385. The Morgan fingerprint density at radius 1 is 0.696 bits per heavy atom. The minimum atomic E-state index is -0.0385. The molecule has 0 radical (unpaired) electrons. The summed E-state index contributed by atoms with van der Waals surface area (Å²) in [6.07, 6.45) is 12.4. The SMILES string of the molecule is CC(C)(CC1CCC2OC2C1)OC(C)(C)CC1CCC2OC2C1. The number of hydrogen-bond donors (Lipinski definition) is 0. The van der Waals surface area contributed by atoms with Crippen LogP contribution in [-0.2, 0) is 14.2 Å². The van der Waals surface area contributed by atoms with Crippen LogP contribution in [0.15, 0.2) is 0 Å². The molecule has 3 heteroatoms. The Morgan fingerprint density at radius 2 is 1.13 bits per heavy atom. The van der Waals surface area contributed by atoms with Crippen LogP contribution in [0.2, 0.25) is 0 Å². The van der Waals surface area contributed by atoms with E-state index in [1.165, 1.54) is 51.4 Å². The van der Waals surface area contributed by atoms with E-state index in [9.17, 15) is 0 Å². The summed E-state index contributed by atoms with van der Waals surface area (Å²) in [5.74, 6) is 1.56. The first kappa shape index (κ1) is 16.4. The van der Waals surface area contributed by atoms with E-state index in [4.69, 9.17) is 14.2 Å². The molecule has 0 aromatic carbocycles. The largest absolute Gasteiger partial charge is 0.370 e. The van der Waals surface area contributed by atoms with Crippen molar-refractivity contribution in [1.29, 1.82) is 0 Å². The first-order valence-electron chi connectivity index (χ1n) is 9.81. The molecule has 4 fully saturated rings. The molecule has 2 aliphatic heterocycles. The number of epoxide rings is 2. The Labute approximate surface area is 141 Å². The molecule has 3 nitrogen and oxygen atoms in total. The highest BCUT2D eigenvalue weighted by Crippen LogP contribution is 2.45. The fourth-order valence-electron chi connectivity index (χ4n) is 5.57. The normalized spacial score (nSPS) is 42.8. The topological polar surface area (TPSA) is 34.3 Å². The molecule has 2 saturated heterocycles. The summed E-state index contributed by atoms with van der Waals surface area (Å²) in [5.41, 5.74) is -0.0770. The molecule has 6 atom stereocenters. The first-order chi connectivity index (χ1) is 10.8. The van der Waals surface area contributed by atoms with Gasteiger partial charge in [-0.3, -0.25) is 0 Å². The minimum Gasteiger partial charge on any atom is -0.370 e. The number of rotatable bonds is 6. The van der Waals surface area contributed by atoms with Gasteiger partial charge in [0.1, 0.15) is 0 Å². The van der Waals surface area contributed by atoms with Crippen LogP contribution in [0.5, 0.6) is 0 Å². The zero-order valence-corrected chi connectivity index (χ0v) is 15.3. The van der Waals surface area contributed by atoms with Crippen molar-refractivity contribution in [3.63, 3.8) is 0 Å². The first-order valence-corrected chi connectivity index (χ1v) is 9.81. The molecule has 0 spiro atoms. The van der Waals surface area contributed by atoms with Gasteiger partial charge in [0.15, 0.2) is 0 Å². The molecule has 23 heavy (non-hydrogen) atoms. The standard InChI is InChI=1S/C20H34O3/c1-19(2,11-13-5-7-15-17(9-13)21-15)23-20(3,4)12-14-6-8-16-18(10-14)22-16/h13-18H,5-12H2,1-4H3. The quantitative estimate of drug-likeness (QED) is 0.676. The van der Waals surface area contributed by atoms with Gasteiger partial charge in [-0.15, -0.1) is 0 Å². The molecule has 0 aromatic heterocycles. The highest BCUT2D eigenvalue weighted by molar-refractivity contribution is 4.95. The highest BCUT2D eigenvalue weighted by Gasteiger charge is 2.47. The van der Waals surface area contributed by atoms with E-state index in [1.54, 1.807) is 0 Å². The molecule has 4 aliphatic rings. The molecule has 2 aliphatic carbocycles. The van der Waals surface area contributed by atoms with Crippen molar-refractivity contribution in [3.8, 4) is 0 Å². The van der Waals surface area contributed by atoms with Crippen LogP contribution in [0.25, 0.3) is 0 Å². The highest BCUT2D eigenvalue weighted by atomic mass is 16.6. The molecule has 2 saturated carbocycles. The van der Waals surface area contributed by atoms with Gasteiger partial charge in [-0.2, -0.15) is 0 Å². The van der Waals surface area contributed by atoms with Crippen LogP contribution in [0.1, 0.15) is 79.1 Å². The third-order valence-electron chi connectivity index (χ3n) is 6.34. The molecule has 2 heterocycles. The zero-order valence-electron chi connectivity index (χ0n) is 15.3. The summed E-state index contributed by atoms with van der Waals surface area (Å²) in [5, 5.41) is 0. The third kappa shape index (κ3) is 4.11. The summed E-state index contributed by atoms with van der Waals surface area (Å²) in [7, 11) is 0. The van der Waals surface area contributed by atoms with E-state index < -0.39 is 0 Å². The Balaban J connectivity index is 1.27. The second kappa shape index (κ2) is 5.71. The van der Waals surface area contributed by atoms with E-state index in [-0.39, 0.29) is 11.2 Å². The maximum Gasteiger partial charge on any atom is 0.0844 e. The lowest BCUT2D eigenvalue weighted by molar-refractivity contribution is -0.142. The maximum absolute atomic E-state index is 6.65. The Hall–Kier alpha value is -0.120. The molecular weight excluding hydrogens is 288 g/mol. The van der Waals surface area contributed by atoms with Gasteiger partial charge in [-0.05, 0) is 90.9 Å². The number of ether oxygens (including phenoxy) is 3. The van der Waals surface area contributed by atoms with Crippen LogP contribution >= 0.6 is 0 Å². The predicted octanol–water partition coefficient (Wildman–Crippen LogP) is 4.48. The smallest absolute Gasteiger partial charge is 0.0844 e. The third-order valence-corrected chi connectivity index (χ3v) is 6.34. The van der Waals surface area contributed by atoms with Crippen molar-refractivity contribution in [2.75, 3.05) is 0 Å². The van der Waals surface area contributed by atoms with Gasteiger partial charge in [0.05, 0.1) is 35.6 Å². The molecule has 0 bridgehead atoms. The van der Waals surface area contributed by atoms with E-state index in [0.717, 1.165) is 11.8 Å². The van der Waals surface area contributed by atoms with Gasteiger partial charge in [0.2, 0.25) is 0 Å². The Kier molecular flexibility index (Phi) is 4.06. The van der Waals surface area contributed by atoms with Crippen molar-refractivity contribution in [3.05, 3.63) is 0 Å². The lowest BCUT2D eigenvalue weighted by atomic mass is 9.80. The fourth-order valence-corrected chi connectivity index (χ4v) is 5.57. The second-order valence-corrected chi connectivity index (χ2v) is 9.81. The molecule has 4 rings (SSSR count). The molecule has 132 valence electrons. The van der Waals surface area contributed by atoms with Crippen LogP contribution < -0.4 is 0 Å². The van der Waals surface area contributed by atoms with Gasteiger partial charge >= 0.3 is 0 Å². The second-order valence-electron chi connectivity index (χ2n) is 9.81. The molecule has 0 N–H and O–H groups in total. The monoisotopic (exact) mass is 322 g/mol. The molecule has 0 amide bonds. The van der Waals surface area contributed by atoms with Gasteiger partial charge in [0, 0.05) is 0 Å². The van der Waals surface area contributed by atoms with Crippen LogP contribution in [0.3, 0.4) is 0 Å². The van der Waals surface area contributed by atoms with E-state index >= 15 is 0 Å². The molecule has 0 aromatic rings. The van der Waals surface area contributed by atoms with Crippen molar-refractivity contribution < 1.29 is 14.2 Å². The fraction of sp³-hybridized carbons (Fsp3) is 1.00. The average Bonchev–Trinajstić information content (AvgIpc) is 3.29. The van der Waals surface area contributed by atoms with Crippen molar-refractivity contribution in [1.82, 2.24) is 0 Å². The van der Waals surface area contributed by atoms with Gasteiger partial charge in [-0.25, -0.2) is 0 Å². The van der Waals surface area contributed by atoms with Gasteiger partial charge in [-0.1, -0.05) is 0 Å². The lowest BCUT2D eigenvalue weighted by Crippen LogP contribution is -2.40. The van der Waals surface area contributed by atoms with E-state index in [0.29, 0.717) is 24.4 Å². The summed E-state index contributed by atoms with van der Waals surface area (Å²) in [4.78, 5) is 0. The van der Waals surface area contributed by atoms with Gasteiger partial charge in [0.25, 0.3) is 0 Å². The summed E-state index contributed by atoms with van der Waals surface area (Å²) < 4.78 is 18.0. The van der Waals surface area contributed by atoms with Crippen molar-refractivity contribution in [2.24, 2.45) is 11.8 Å². The zero-order chi connectivity index (χ0) is 16.2. The van der Waals surface area contributed by atoms with Crippen molar-refractivity contribution >= 4 is 0 Å². The van der Waals surface area contributed by atoms with Crippen LogP contribution in [0.4, 0.5) is 0 Å². The summed E-state index contributed by atoms with van der Waals surface area (Å²) in [6.45, 7) is 9.15. The maximum atomic E-state index is 6.65. The predicted molar refractivity (Wildman–Crippen MR) is 90.5 cm³/mol. The Bertz CT molecular complexity index is 404. The van der Waals surface area contributed by atoms with Crippen LogP contribution in [0, 0.1) is 11.8 Å². The van der Waals surface area contributed by atoms with Gasteiger partial charge < -0.3 is 14.2 Å². The van der Waals surface area contributed by atoms with E-state index in [2.05, 4.69) is 27.7 Å². The average molecular weight is 322 g/mol. The molecular formula is C20H34O3. The summed E-state index contributed by atoms with van der Waals surface area (Å²) >= 11 is 0. The number of hydrogen-bond acceptors (Lipinski definition) is 3. The molecule has 6 unspecified atom stereocenters. The number of fused-ring (bicyclic) bond motifs is 2. The Morgan fingerprint density at radius 3 is 1.52 bits per heavy atom. The van der Waals surface area contributed by atoms with Crippen molar-refractivity contribution in [2.45, 2.75) is 115 Å².